The van der Waals surface area contributed by atoms with Crippen LogP contribution in [0.5, 0.6) is 0 Å². The quantitative estimate of drug-likeness (QED) is 0.641. The number of nitro groups is 1. The smallest absolute Gasteiger partial charge is 0.323 e. The van der Waals surface area contributed by atoms with Gasteiger partial charge in [-0.1, -0.05) is 0 Å². The second-order valence-electron chi connectivity index (χ2n) is 4.40. The highest BCUT2D eigenvalue weighted by Crippen LogP contribution is 2.25. The fourth-order valence-electron chi connectivity index (χ4n) is 1.73. The van der Waals surface area contributed by atoms with E-state index in [0.29, 0.717) is 5.69 Å². The zero-order chi connectivity index (χ0) is 13.9. The van der Waals surface area contributed by atoms with E-state index in [1.807, 2.05) is 13.8 Å². The SMILES string of the molecule is Cc1cc(N(CC(=O)O)C(C)C)cc([N+](=O)[O-])c1. The van der Waals surface area contributed by atoms with Crippen molar-refractivity contribution in [3.05, 3.63) is 33.9 Å². The van der Waals surface area contributed by atoms with Gasteiger partial charge in [0.15, 0.2) is 0 Å². The Labute approximate surface area is 105 Å². The number of rotatable bonds is 5. The van der Waals surface area contributed by atoms with Crippen molar-refractivity contribution in [1.29, 1.82) is 0 Å². The molecule has 1 aromatic carbocycles. The van der Waals surface area contributed by atoms with E-state index in [4.69, 9.17) is 5.11 Å². The summed E-state index contributed by atoms with van der Waals surface area (Å²) in [6.07, 6.45) is 0. The first kappa shape index (κ1) is 14.0. The lowest BCUT2D eigenvalue weighted by molar-refractivity contribution is -0.384. The minimum absolute atomic E-state index is 0.0268. The van der Waals surface area contributed by atoms with Crippen LogP contribution in [0.4, 0.5) is 11.4 Å². The molecule has 1 rings (SSSR count). The van der Waals surface area contributed by atoms with Crippen LogP contribution in [0.15, 0.2) is 18.2 Å². The molecule has 0 saturated carbocycles. The fraction of sp³-hybridized carbons (Fsp3) is 0.417. The van der Waals surface area contributed by atoms with Gasteiger partial charge in [0, 0.05) is 23.9 Å². The Bertz CT molecular complexity index is 471. The van der Waals surface area contributed by atoms with Gasteiger partial charge in [0.05, 0.1) is 4.92 Å². The Kier molecular flexibility index (Phi) is 4.25. The molecule has 0 saturated heterocycles. The molecule has 18 heavy (non-hydrogen) atoms. The molecule has 0 fully saturated rings. The molecule has 0 aromatic heterocycles. The highest BCUT2D eigenvalue weighted by Gasteiger charge is 2.17. The summed E-state index contributed by atoms with van der Waals surface area (Å²) >= 11 is 0. The molecule has 0 atom stereocenters. The number of nitro benzene ring substituents is 1. The van der Waals surface area contributed by atoms with Gasteiger partial charge in [-0.2, -0.15) is 0 Å². The molecule has 0 heterocycles. The van der Waals surface area contributed by atoms with Gasteiger partial charge in [0.25, 0.3) is 5.69 Å². The molecule has 6 heteroatoms. The average molecular weight is 252 g/mol. The normalized spacial score (nSPS) is 10.4. The molecular weight excluding hydrogens is 236 g/mol. The predicted molar refractivity (Wildman–Crippen MR) is 68.0 cm³/mol. The summed E-state index contributed by atoms with van der Waals surface area (Å²) < 4.78 is 0. The van der Waals surface area contributed by atoms with E-state index in [0.717, 1.165) is 5.56 Å². The largest absolute Gasteiger partial charge is 0.480 e. The summed E-state index contributed by atoms with van der Waals surface area (Å²) in [4.78, 5) is 22.7. The summed E-state index contributed by atoms with van der Waals surface area (Å²) in [5, 5.41) is 19.7. The van der Waals surface area contributed by atoms with Crippen LogP contribution in [0.2, 0.25) is 0 Å². The Balaban J connectivity index is 3.19. The van der Waals surface area contributed by atoms with Crippen molar-refractivity contribution < 1.29 is 14.8 Å². The third-order valence-corrected chi connectivity index (χ3v) is 2.52. The van der Waals surface area contributed by atoms with Gasteiger partial charge >= 0.3 is 5.97 Å². The third-order valence-electron chi connectivity index (χ3n) is 2.52. The molecule has 0 spiro atoms. The number of aliphatic carboxylic acids is 1. The van der Waals surface area contributed by atoms with Crippen LogP contribution < -0.4 is 4.90 Å². The van der Waals surface area contributed by atoms with Crippen LogP contribution in [0, 0.1) is 17.0 Å². The molecule has 0 aliphatic carbocycles. The number of anilines is 1. The second kappa shape index (κ2) is 5.48. The topological polar surface area (TPSA) is 83.7 Å². The molecule has 0 aliphatic rings. The number of hydrogen-bond acceptors (Lipinski definition) is 4. The number of carboxylic acid groups (broad SMARTS) is 1. The molecule has 0 aliphatic heterocycles. The summed E-state index contributed by atoms with van der Waals surface area (Å²) in [5.41, 5.74) is 1.26. The zero-order valence-corrected chi connectivity index (χ0v) is 10.6. The van der Waals surface area contributed by atoms with Crippen molar-refractivity contribution in [2.45, 2.75) is 26.8 Å². The highest BCUT2D eigenvalue weighted by molar-refractivity contribution is 5.74. The average Bonchev–Trinajstić information content (AvgIpc) is 2.24. The first-order chi connectivity index (χ1) is 8.31. The molecule has 0 radical (unpaired) electrons. The number of non-ortho nitro benzene ring substituents is 1. The highest BCUT2D eigenvalue weighted by atomic mass is 16.6. The molecule has 0 unspecified atom stereocenters. The lowest BCUT2D eigenvalue weighted by atomic mass is 10.1. The number of hydrogen-bond donors (Lipinski definition) is 1. The maximum absolute atomic E-state index is 10.8. The fourth-order valence-corrected chi connectivity index (χ4v) is 1.73. The van der Waals surface area contributed by atoms with E-state index in [9.17, 15) is 14.9 Å². The van der Waals surface area contributed by atoms with E-state index in [1.165, 1.54) is 12.1 Å². The van der Waals surface area contributed by atoms with E-state index >= 15 is 0 Å². The van der Waals surface area contributed by atoms with E-state index in [-0.39, 0.29) is 18.3 Å². The van der Waals surface area contributed by atoms with Crippen molar-refractivity contribution in [3.63, 3.8) is 0 Å². The van der Waals surface area contributed by atoms with Crippen molar-refractivity contribution in [3.8, 4) is 0 Å². The minimum atomic E-state index is -0.965. The lowest BCUT2D eigenvalue weighted by Gasteiger charge is -2.27. The van der Waals surface area contributed by atoms with Gasteiger partial charge in [-0.3, -0.25) is 14.9 Å². The molecular formula is C12H16N2O4. The van der Waals surface area contributed by atoms with Gasteiger partial charge in [0.1, 0.15) is 6.54 Å². The third kappa shape index (κ3) is 3.44. The van der Waals surface area contributed by atoms with E-state index in [1.54, 1.807) is 17.9 Å². The van der Waals surface area contributed by atoms with Crippen LogP contribution in [0.3, 0.4) is 0 Å². The Morgan fingerprint density at radius 2 is 2.06 bits per heavy atom. The van der Waals surface area contributed by atoms with Crippen LogP contribution in [-0.4, -0.2) is 28.6 Å². The summed E-state index contributed by atoms with van der Waals surface area (Å²) in [6, 6.07) is 4.55. The number of carbonyl (C=O) groups is 1. The molecule has 0 amide bonds. The Hall–Kier alpha value is -2.11. The minimum Gasteiger partial charge on any atom is -0.480 e. The standard InChI is InChI=1S/C12H16N2O4/c1-8(2)13(7-12(15)16)10-4-9(3)5-11(6-10)14(17)18/h4-6,8H,7H2,1-3H3,(H,15,16). The number of benzene rings is 1. The van der Waals surface area contributed by atoms with Crippen LogP contribution >= 0.6 is 0 Å². The van der Waals surface area contributed by atoms with Crippen molar-refractivity contribution in [2.75, 3.05) is 11.4 Å². The predicted octanol–water partition coefficient (Wildman–Crippen LogP) is 2.20. The molecule has 98 valence electrons. The van der Waals surface area contributed by atoms with E-state index in [2.05, 4.69) is 0 Å². The summed E-state index contributed by atoms with van der Waals surface area (Å²) in [5.74, 6) is -0.965. The molecule has 0 bridgehead atoms. The van der Waals surface area contributed by atoms with Gasteiger partial charge in [0.2, 0.25) is 0 Å². The first-order valence-corrected chi connectivity index (χ1v) is 5.55. The maximum atomic E-state index is 10.8. The molecule has 6 nitrogen and oxygen atoms in total. The monoisotopic (exact) mass is 252 g/mol. The number of nitrogens with zero attached hydrogens (tertiary/aromatic N) is 2. The Morgan fingerprint density at radius 3 is 2.50 bits per heavy atom. The van der Waals surface area contributed by atoms with Crippen LogP contribution in [0.1, 0.15) is 19.4 Å². The van der Waals surface area contributed by atoms with Gasteiger partial charge in [-0.05, 0) is 32.4 Å². The number of aryl methyl sites for hydroxylation is 1. The zero-order valence-electron chi connectivity index (χ0n) is 10.6. The summed E-state index contributed by atoms with van der Waals surface area (Å²) in [7, 11) is 0. The van der Waals surface area contributed by atoms with Crippen LogP contribution in [0.25, 0.3) is 0 Å². The maximum Gasteiger partial charge on any atom is 0.323 e. The van der Waals surface area contributed by atoms with Crippen molar-refractivity contribution in [2.24, 2.45) is 0 Å². The van der Waals surface area contributed by atoms with Gasteiger partial charge in [-0.15, -0.1) is 0 Å². The van der Waals surface area contributed by atoms with Gasteiger partial charge < -0.3 is 10.0 Å². The van der Waals surface area contributed by atoms with Crippen molar-refractivity contribution >= 4 is 17.3 Å². The number of carboxylic acids is 1. The molecule has 1 N–H and O–H groups in total. The van der Waals surface area contributed by atoms with Crippen molar-refractivity contribution in [1.82, 2.24) is 0 Å². The van der Waals surface area contributed by atoms with Gasteiger partial charge in [-0.25, -0.2) is 0 Å². The van der Waals surface area contributed by atoms with E-state index < -0.39 is 10.9 Å². The Morgan fingerprint density at radius 1 is 1.44 bits per heavy atom. The second-order valence-corrected chi connectivity index (χ2v) is 4.40. The summed E-state index contributed by atoms with van der Waals surface area (Å²) in [6.45, 7) is 5.25. The first-order valence-electron chi connectivity index (χ1n) is 5.55. The lowest BCUT2D eigenvalue weighted by Crippen LogP contribution is -2.35. The van der Waals surface area contributed by atoms with Crippen LogP contribution in [-0.2, 0) is 4.79 Å². The molecule has 1 aromatic rings.